The van der Waals surface area contributed by atoms with Crippen LogP contribution in [0.25, 0.3) is 0 Å². The largest absolute Gasteiger partial charge is 0.409 e. The lowest BCUT2D eigenvalue weighted by atomic mass is 10.1. The van der Waals surface area contributed by atoms with Crippen LogP contribution in [-0.2, 0) is 4.74 Å². The predicted octanol–water partition coefficient (Wildman–Crippen LogP) is 2.05. The Bertz CT molecular complexity index is 483. The maximum atomic E-state index is 8.87. The fourth-order valence-electron chi connectivity index (χ4n) is 2.41. The first-order chi connectivity index (χ1) is 9.01. The lowest BCUT2D eigenvalue weighted by molar-refractivity contribution is -0.00522. The highest BCUT2D eigenvalue weighted by molar-refractivity contribution is 6.31. The number of oxime groups is 1. The zero-order valence-electron chi connectivity index (χ0n) is 11.0. The van der Waals surface area contributed by atoms with Gasteiger partial charge < -0.3 is 20.6 Å². The Labute approximate surface area is 117 Å². The Kier molecular flexibility index (Phi) is 4.17. The van der Waals surface area contributed by atoms with Crippen molar-refractivity contribution in [2.45, 2.75) is 26.1 Å². The summed E-state index contributed by atoms with van der Waals surface area (Å²) in [5, 5.41) is 12.6. The lowest BCUT2D eigenvalue weighted by Crippen LogP contribution is -2.46. The van der Waals surface area contributed by atoms with E-state index in [1.54, 1.807) is 12.1 Å². The average molecular weight is 284 g/mol. The summed E-state index contributed by atoms with van der Waals surface area (Å²) in [5.74, 6) is 0.0819. The molecule has 2 unspecified atom stereocenters. The Hall–Kier alpha value is -1.46. The van der Waals surface area contributed by atoms with Crippen molar-refractivity contribution in [1.29, 1.82) is 0 Å². The van der Waals surface area contributed by atoms with Crippen LogP contribution in [0.5, 0.6) is 0 Å². The number of anilines is 1. The van der Waals surface area contributed by atoms with Crippen LogP contribution in [0.2, 0.25) is 5.02 Å². The molecule has 1 fully saturated rings. The molecule has 0 bridgehead atoms. The monoisotopic (exact) mass is 283 g/mol. The zero-order chi connectivity index (χ0) is 14.0. The first-order valence-corrected chi connectivity index (χ1v) is 6.57. The molecule has 6 heteroatoms. The maximum absolute atomic E-state index is 8.87. The summed E-state index contributed by atoms with van der Waals surface area (Å²) in [6.45, 7) is 5.54. The number of nitrogens with two attached hydrogens (primary N) is 1. The fraction of sp³-hybridized carbons (Fsp3) is 0.462. The maximum Gasteiger partial charge on any atom is 0.172 e. The van der Waals surface area contributed by atoms with Crippen LogP contribution in [0, 0.1) is 0 Å². The molecule has 0 amide bonds. The normalized spacial score (nSPS) is 24.6. The van der Waals surface area contributed by atoms with Gasteiger partial charge in [0.2, 0.25) is 0 Å². The number of hydrogen-bond acceptors (Lipinski definition) is 4. The number of amidine groups is 1. The van der Waals surface area contributed by atoms with Crippen molar-refractivity contribution in [3.8, 4) is 0 Å². The van der Waals surface area contributed by atoms with E-state index in [1.165, 1.54) is 0 Å². The quantitative estimate of drug-likeness (QED) is 0.377. The van der Waals surface area contributed by atoms with Crippen LogP contribution in [-0.4, -0.2) is 36.3 Å². The number of halogens is 1. The first-order valence-electron chi connectivity index (χ1n) is 6.19. The van der Waals surface area contributed by atoms with Crippen LogP contribution in [0.4, 0.5) is 5.69 Å². The van der Waals surface area contributed by atoms with E-state index in [2.05, 4.69) is 10.1 Å². The molecule has 2 rings (SSSR count). The van der Waals surface area contributed by atoms with Gasteiger partial charge in [-0.25, -0.2) is 0 Å². The molecule has 0 saturated carbocycles. The minimum atomic E-state index is 0.0819. The molecular formula is C13H18ClN3O2. The van der Waals surface area contributed by atoms with Crippen molar-refractivity contribution in [2.75, 3.05) is 18.0 Å². The van der Waals surface area contributed by atoms with Crippen LogP contribution in [0.15, 0.2) is 23.4 Å². The third kappa shape index (κ3) is 3.11. The summed E-state index contributed by atoms with van der Waals surface area (Å²) in [6, 6.07) is 5.32. The van der Waals surface area contributed by atoms with Crippen molar-refractivity contribution in [3.63, 3.8) is 0 Å². The molecule has 1 aliphatic rings. The van der Waals surface area contributed by atoms with Crippen LogP contribution < -0.4 is 10.6 Å². The fourth-order valence-corrected chi connectivity index (χ4v) is 2.58. The van der Waals surface area contributed by atoms with Crippen LogP contribution in [0.1, 0.15) is 19.4 Å². The van der Waals surface area contributed by atoms with E-state index in [9.17, 15) is 0 Å². The highest BCUT2D eigenvalue weighted by Crippen LogP contribution is 2.27. The minimum Gasteiger partial charge on any atom is -0.409 e. The topological polar surface area (TPSA) is 71.1 Å². The molecule has 3 N–H and O–H groups in total. The van der Waals surface area contributed by atoms with E-state index in [0.29, 0.717) is 10.6 Å². The van der Waals surface area contributed by atoms with Gasteiger partial charge in [0.15, 0.2) is 5.84 Å². The molecule has 0 aliphatic carbocycles. The van der Waals surface area contributed by atoms with Crippen molar-refractivity contribution in [2.24, 2.45) is 10.9 Å². The van der Waals surface area contributed by atoms with Crippen molar-refractivity contribution < 1.29 is 9.94 Å². The van der Waals surface area contributed by atoms with Gasteiger partial charge in [0.05, 0.1) is 12.2 Å². The van der Waals surface area contributed by atoms with E-state index < -0.39 is 0 Å². The van der Waals surface area contributed by atoms with Gasteiger partial charge in [0, 0.05) is 29.4 Å². The summed E-state index contributed by atoms with van der Waals surface area (Å²) in [5.41, 5.74) is 7.26. The van der Waals surface area contributed by atoms with Gasteiger partial charge in [-0.15, -0.1) is 0 Å². The van der Waals surface area contributed by atoms with E-state index in [4.69, 9.17) is 27.3 Å². The second-order valence-electron chi connectivity index (χ2n) is 4.81. The van der Waals surface area contributed by atoms with E-state index in [0.717, 1.165) is 18.8 Å². The van der Waals surface area contributed by atoms with Crippen molar-refractivity contribution in [1.82, 2.24) is 0 Å². The number of morpholine rings is 1. The predicted molar refractivity (Wildman–Crippen MR) is 76.2 cm³/mol. The SMILES string of the molecule is CC1CN(c2cc(Cl)ccc2C(N)=NO)CC(C)O1. The molecule has 0 aromatic heterocycles. The third-order valence-electron chi connectivity index (χ3n) is 3.10. The lowest BCUT2D eigenvalue weighted by Gasteiger charge is -2.37. The van der Waals surface area contributed by atoms with Gasteiger partial charge in [-0.2, -0.15) is 0 Å². The number of rotatable bonds is 2. The van der Waals surface area contributed by atoms with Gasteiger partial charge >= 0.3 is 0 Å². The van der Waals surface area contributed by atoms with Crippen molar-refractivity contribution in [3.05, 3.63) is 28.8 Å². The van der Waals surface area contributed by atoms with Crippen molar-refractivity contribution >= 4 is 23.1 Å². The van der Waals surface area contributed by atoms with Gasteiger partial charge in [0.25, 0.3) is 0 Å². The second kappa shape index (κ2) is 5.67. The molecule has 5 nitrogen and oxygen atoms in total. The van der Waals surface area contributed by atoms with Gasteiger partial charge in [-0.05, 0) is 32.0 Å². The summed E-state index contributed by atoms with van der Waals surface area (Å²) in [4.78, 5) is 2.15. The Morgan fingerprint density at radius 2 is 2.05 bits per heavy atom. The molecule has 1 aliphatic heterocycles. The van der Waals surface area contributed by atoms with Crippen LogP contribution in [0.3, 0.4) is 0 Å². The summed E-state index contributed by atoms with van der Waals surface area (Å²) in [6.07, 6.45) is 0.255. The standard InChI is InChI=1S/C13H18ClN3O2/c1-8-6-17(7-9(2)19-8)12-5-10(14)3-4-11(12)13(15)16-18/h3-5,8-9,18H,6-7H2,1-2H3,(H2,15,16). The molecule has 1 aromatic rings. The van der Waals surface area contributed by atoms with Crippen LogP contribution >= 0.6 is 11.6 Å². The smallest absolute Gasteiger partial charge is 0.172 e. The minimum absolute atomic E-state index is 0.0819. The molecule has 1 aromatic carbocycles. The number of ether oxygens (including phenoxy) is 1. The average Bonchev–Trinajstić information content (AvgIpc) is 2.36. The third-order valence-corrected chi connectivity index (χ3v) is 3.34. The summed E-state index contributed by atoms with van der Waals surface area (Å²) < 4.78 is 5.71. The van der Waals surface area contributed by atoms with E-state index >= 15 is 0 Å². The number of benzene rings is 1. The number of nitrogens with zero attached hydrogens (tertiary/aromatic N) is 2. The first kappa shape index (κ1) is 14.0. The summed E-state index contributed by atoms with van der Waals surface area (Å²) >= 11 is 6.06. The molecule has 0 spiro atoms. The molecule has 0 radical (unpaired) electrons. The number of hydrogen-bond donors (Lipinski definition) is 2. The molecule has 1 heterocycles. The van der Waals surface area contributed by atoms with E-state index in [1.807, 2.05) is 19.9 Å². The molecule has 1 saturated heterocycles. The molecule has 104 valence electrons. The highest BCUT2D eigenvalue weighted by atomic mass is 35.5. The molecule has 2 atom stereocenters. The van der Waals surface area contributed by atoms with Gasteiger partial charge in [-0.3, -0.25) is 0 Å². The van der Waals surface area contributed by atoms with E-state index in [-0.39, 0.29) is 18.0 Å². The Morgan fingerprint density at radius 3 is 2.63 bits per heavy atom. The van der Waals surface area contributed by atoms with Gasteiger partial charge in [-0.1, -0.05) is 16.8 Å². The molecule has 19 heavy (non-hydrogen) atoms. The molecular weight excluding hydrogens is 266 g/mol. The Morgan fingerprint density at radius 1 is 1.42 bits per heavy atom. The zero-order valence-corrected chi connectivity index (χ0v) is 11.8. The highest BCUT2D eigenvalue weighted by Gasteiger charge is 2.24. The van der Waals surface area contributed by atoms with Gasteiger partial charge in [0.1, 0.15) is 0 Å². The second-order valence-corrected chi connectivity index (χ2v) is 5.25. The Balaban J connectivity index is 2.39. The summed E-state index contributed by atoms with van der Waals surface area (Å²) in [7, 11) is 0.